The Morgan fingerprint density at radius 1 is 1.62 bits per heavy atom. The van der Waals surface area contributed by atoms with E-state index in [4.69, 9.17) is 10.2 Å². The highest BCUT2D eigenvalue weighted by Gasteiger charge is 2.02. The van der Waals surface area contributed by atoms with Crippen LogP contribution in [-0.4, -0.2) is 26.3 Å². The summed E-state index contributed by atoms with van der Waals surface area (Å²) in [5.41, 5.74) is 1.33. The van der Waals surface area contributed by atoms with Gasteiger partial charge in [-0.1, -0.05) is 0 Å². The molecule has 0 aliphatic carbocycles. The van der Waals surface area contributed by atoms with Gasteiger partial charge in [-0.25, -0.2) is 9.97 Å². The van der Waals surface area contributed by atoms with Gasteiger partial charge in [-0.2, -0.15) is 4.73 Å². The number of nitrogens with one attached hydrogen (secondary N) is 2. The van der Waals surface area contributed by atoms with Crippen molar-refractivity contribution in [1.29, 1.82) is 5.41 Å². The Hall–Kier alpha value is -1.85. The monoisotopic (exact) mass is 179 g/mol. The quantitative estimate of drug-likeness (QED) is 0.663. The predicted molar refractivity (Wildman–Crippen MR) is 44.9 cm³/mol. The third-order valence-electron chi connectivity index (χ3n) is 1.63. The summed E-state index contributed by atoms with van der Waals surface area (Å²) >= 11 is 0. The number of H-pyrrole nitrogens is 1. The fourth-order valence-corrected chi connectivity index (χ4v) is 1.07. The van der Waals surface area contributed by atoms with Crippen molar-refractivity contribution >= 4 is 11.2 Å². The Morgan fingerprint density at radius 3 is 3.23 bits per heavy atom. The largest absolute Gasteiger partial charge is 0.411 e. The van der Waals surface area contributed by atoms with E-state index in [1.54, 1.807) is 0 Å². The molecule has 2 aromatic rings. The van der Waals surface area contributed by atoms with Gasteiger partial charge in [0.2, 0.25) is 0 Å². The summed E-state index contributed by atoms with van der Waals surface area (Å²) in [6.07, 6.45) is 2.95. The zero-order valence-corrected chi connectivity index (χ0v) is 7.11. The van der Waals surface area contributed by atoms with Gasteiger partial charge in [0.25, 0.3) is 0 Å². The molecule has 0 fully saturated rings. The first-order valence-corrected chi connectivity index (χ1v) is 3.91. The predicted octanol–water partition coefficient (Wildman–Crippen LogP) is -0.313. The van der Waals surface area contributed by atoms with E-state index in [1.165, 1.54) is 17.4 Å². The molecule has 0 saturated carbocycles. The van der Waals surface area contributed by atoms with Gasteiger partial charge >= 0.3 is 0 Å². The van der Waals surface area contributed by atoms with E-state index in [2.05, 4.69) is 15.0 Å². The number of rotatable bonds is 2. The second-order valence-corrected chi connectivity index (χ2v) is 2.44. The fraction of sp³-hybridized carbons (Fsp3) is 0.286. The van der Waals surface area contributed by atoms with Crippen LogP contribution in [0.25, 0.3) is 11.2 Å². The molecule has 0 bridgehead atoms. The summed E-state index contributed by atoms with van der Waals surface area (Å²) in [7, 11) is 0. The molecule has 6 nitrogen and oxygen atoms in total. The number of imidazole rings is 1. The molecule has 6 heteroatoms. The van der Waals surface area contributed by atoms with E-state index in [9.17, 15) is 0 Å². The molecular formula is C7H9N5O. The van der Waals surface area contributed by atoms with Gasteiger partial charge in [0.1, 0.15) is 18.5 Å². The minimum Gasteiger partial charge on any atom is -0.411 e. The van der Waals surface area contributed by atoms with Crippen LogP contribution in [-0.2, 0) is 0 Å². The summed E-state index contributed by atoms with van der Waals surface area (Å²) in [5.74, 6) is 0. The number of aromatic amines is 1. The zero-order valence-electron chi connectivity index (χ0n) is 7.11. The third-order valence-corrected chi connectivity index (χ3v) is 1.63. The molecule has 2 aromatic heterocycles. The smallest absolute Gasteiger partial charge is 0.190 e. The average molecular weight is 179 g/mol. The maximum Gasteiger partial charge on any atom is 0.190 e. The number of aromatic nitrogens is 4. The first-order chi connectivity index (χ1) is 6.33. The second-order valence-electron chi connectivity index (χ2n) is 2.44. The first kappa shape index (κ1) is 7.78. The fourth-order valence-electron chi connectivity index (χ4n) is 1.07. The normalized spacial score (nSPS) is 10.5. The van der Waals surface area contributed by atoms with Crippen LogP contribution in [0.2, 0.25) is 0 Å². The molecule has 0 aliphatic heterocycles. The van der Waals surface area contributed by atoms with Gasteiger partial charge < -0.3 is 9.82 Å². The number of nitrogens with zero attached hydrogens (tertiary/aromatic N) is 3. The molecule has 68 valence electrons. The van der Waals surface area contributed by atoms with Crippen molar-refractivity contribution in [3.8, 4) is 0 Å². The van der Waals surface area contributed by atoms with Crippen molar-refractivity contribution in [3.05, 3.63) is 18.1 Å². The van der Waals surface area contributed by atoms with Crippen molar-refractivity contribution in [2.45, 2.75) is 6.92 Å². The SMILES string of the molecule is CCOn1cnc2nc[nH]c2c1=N. The molecule has 13 heavy (non-hydrogen) atoms. The summed E-state index contributed by atoms with van der Waals surface area (Å²) in [5, 5.41) is 7.69. The average Bonchev–Trinajstić information content (AvgIpc) is 2.58. The first-order valence-electron chi connectivity index (χ1n) is 3.91. The van der Waals surface area contributed by atoms with E-state index < -0.39 is 0 Å². The van der Waals surface area contributed by atoms with Crippen molar-refractivity contribution in [1.82, 2.24) is 19.7 Å². The van der Waals surface area contributed by atoms with Crippen LogP contribution < -0.4 is 10.3 Å². The van der Waals surface area contributed by atoms with Gasteiger partial charge in [-0.15, -0.1) is 0 Å². The Morgan fingerprint density at radius 2 is 2.46 bits per heavy atom. The maximum atomic E-state index is 7.69. The molecule has 2 rings (SSSR count). The maximum absolute atomic E-state index is 7.69. The van der Waals surface area contributed by atoms with Gasteiger partial charge in [0.15, 0.2) is 11.1 Å². The zero-order chi connectivity index (χ0) is 9.26. The molecule has 0 radical (unpaired) electrons. The highest BCUT2D eigenvalue weighted by molar-refractivity contribution is 5.67. The minimum atomic E-state index is 0.226. The van der Waals surface area contributed by atoms with E-state index in [-0.39, 0.29) is 5.49 Å². The Balaban J connectivity index is 2.67. The topological polar surface area (TPSA) is 79.6 Å². The van der Waals surface area contributed by atoms with Crippen LogP contribution in [0.3, 0.4) is 0 Å². The summed E-state index contributed by atoms with van der Waals surface area (Å²) in [6, 6.07) is 0. The molecule has 2 N–H and O–H groups in total. The molecule has 0 unspecified atom stereocenters. The van der Waals surface area contributed by atoms with Gasteiger partial charge in [0, 0.05) is 0 Å². The third kappa shape index (κ3) is 1.16. The molecule has 0 aliphatic rings. The summed E-state index contributed by atoms with van der Waals surface area (Å²) in [6.45, 7) is 2.35. The highest BCUT2D eigenvalue weighted by atomic mass is 16.7. The van der Waals surface area contributed by atoms with Crippen LogP contribution >= 0.6 is 0 Å². The molecule has 0 saturated heterocycles. The highest BCUT2D eigenvalue weighted by Crippen LogP contribution is 1.96. The lowest BCUT2D eigenvalue weighted by atomic mass is 10.5. The lowest BCUT2D eigenvalue weighted by Gasteiger charge is -2.04. The van der Waals surface area contributed by atoms with Crippen LogP contribution in [0.4, 0.5) is 0 Å². The van der Waals surface area contributed by atoms with Gasteiger partial charge in [-0.3, -0.25) is 5.41 Å². The van der Waals surface area contributed by atoms with Crippen LogP contribution in [0.5, 0.6) is 0 Å². The molecule has 0 atom stereocenters. The standard InChI is InChI=1S/C7H9N5O/c1-2-13-12-4-11-7-5(6(12)8)9-3-10-7/h3-4,8H,2H2,1H3,(H,9,10). The van der Waals surface area contributed by atoms with Crippen molar-refractivity contribution < 1.29 is 4.84 Å². The summed E-state index contributed by atoms with van der Waals surface area (Å²) < 4.78 is 1.31. The van der Waals surface area contributed by atoms with Gasteiger partial charge in [0.05, 0.1) is 6.33 Å². The molecule has 0 aromatic carbocycles. The Kier molecular flexibility index (Phi) is 1.73. The minimum absolute atomic E-state index is 0.226. The van der Waals surface area contributed by atoms with Gasteiger partial charge in [-0.05, 0) is 6.92 Å². The lowest BCUT2D eigenvalue weighted by Crippen LogP contribution is -2.27. The van der Waals surface area contributed by atoms with Crippen molar-refractivity contribution in [3.63, 3.8) is 0 Å². The van der Waals surface area contributed by atoms with Crippen LogP contribution in [0.1, 0.15) is 6.92 Å². The number of hydrogen-bond acceptors (Lipinski definition) is 4. The second kappa shape index (κ2) is 2.89. The summed E-state index contributed by atoms with van der Waals surface area (Å²) in [4.78, 5) is 15.9. The number of hydrogen-bond donors (Lipinski definition) is 2. The van der Waals surface area contributed by atoms with Crippen LogP contribution in [0, 0.1) is 5.41 Å². The molecule has 0 spiro atoms. The molecular weight excluding hydrogens is 170 g/mol. The van der Waals surface area contributed by atoms with E-state index >= 15 is 0 Å². The number of fused-ring (bicyclic) bond motifs is 1. The molecule has 0 amide bonds. The lowest BCUT2D eigenvalue weighted by molar-refractivity contribution is 0.108. The van der Waals surface area contributed by atoms with Crippen molar-refractivity contribution in [2.75, 3.05) is 6.61 Å². The van der Waals surface area contributed by atoms with Crippen molar-refractivity contribution in [2.24, 2.45) is 0 Å². The Bertz CT molecular complexity index is 471. The Labute approximate surface area is 73.7 Å². The van der Waals surface area contributed by atoms with E-state index in [1.807, 2.05) is 6.92 Å². The molecule has 2 heterocycles. The van der Waals surface area contributed by atoms with E-state index in [0.717, 1.165) is 0 Å². The van der Waals surface area contributed by atoms with E-state index in [0.29, 0.717) is 17.8 Å². The van der Waals surface area contributed by atoms with Crippen LogP contribution in [0.15, 0.2) is 12.7 Å².